The van der Waals surface area contributed by atoms with Crippen molar-refractivity contribution in [3.8, 4) is 11.3 Å². The minimum atomic E-state index is 0. The fourth-order valence-corrected chi connectivity index (χ4v) is 3.36. The number of hydrogen-bond acceptors (Lipinski definition) is 3. The molecule has 1 heterocycles. The van der Waals surface area contributed by atoms with Gasteiger partial charge in [0.05, 0.1) is 18.4 Å². The first-order chi connectivity index (χ1) is 13.6. The Balaban J connectivity index is 0.00000420. The second-order valence-electron chi connectivity index (χ2n) is 7.32. The van der Waals surface area contributed by atoms with Gasteiger partial charge in [0, 0.05) is 26.7 Å². The van der Waals surface area contributed by atoms with E-state index in [-0.39, 0.29) is 36.0 Å². The average molecular weight is 513 g/mol. The molecule has 0 aliphatic rings. The van der Waals surface area contributed by atoms with Crippen molar-refractivity contribution in [2.45, 2.75) is 46.6 Å². The lowest BCUT2D eigenvalue weighted by molar-refractivity contribution is 0.175. The summed E-state index contributed by atoms with van der Waals surface area (Å²) in [5, 5.41) is 12.8. The summed E-state index contributed by atoms with van der Waals surface area (Å²) in [6, 6.07) is 10.2. The summed E-state index contributed by atoms with van der Waals surface area (Å²) in [6.45, 7) is 8.80. The van der Waals surface area contributed by atoms with Crippen LogP contribution in [0.15, 0.2) is 41.5 Å². The van der Waals surface area contributed by atoms with Crippen molar-refractivity contribution >= 4 is 29.9 Å². The quantitative estimate of drug-likeness (QED) is 0.252. The van der Waals surface area contributed by atoms with Crippen LogP contribution < -0.4 is 5.32 Å². The summed E-state index contributed by atoms with van der Waals surface area (Å²) >= 11 is 0. The number of nitrogens with one attached hydrogen (secondary N) is 2. The minimum absolute atomic E-state index is 0. The molecule has 0 bridgehead atoms. The van der Waals surface area contributed by atoms with Gasteiger partial charge >= 0.3 is 0 Å². The molecule has 0 spiro atoms. The number of halogens is 1. The van der Waals surface area contributed by atoms with Crippen LogP contribution in [0.25, 0.3) is 11.3 Å². The van der Waals surface area contributed by atoms with Crippen LogP contribution in [0.1, 0.15) is 45.9 Å². The standard InChI is InChI=1S/C22H35N5O.HI/c1-5-22(6-2,13-14-28)17-25-21(23-7-3)27(4)16-20-24-15-19(26-20)18-11-9-8-10-12-18;/h8-12,15,28H,5-7,13-14,16-17H2,1-4H3,(H,23,25)(H,24,26);1H. The van der Waals surface area contributed by atoms with Crippen LogP contribution in [-0.4, -0.2) is 52.7 Å². The van der Waals surface area contributed by atoms with Crippen LogP contribution in [-0.2, 0) is 6.54 Å². The van der Waals surface area contributed by atoms with Gasteiger partial charge in [-0.3, -0.25) is 4.99 Å². The van der Waals surface area contributed by atoms with E-state index in [1.54, 1.807) is 0 Å². The zero-order valence-corrected chi connectivity index (χ0v) is 20.4. The molecule has 0 aliphatic carbocycles. The third-order valence-corrected chi connectivity index (χ3v) is 5.50. The number of H-pyrrole nitrogens is 1. The SMILES string of the molecule is CCNC(=NCC(CC)(CC)CCO)N(C)Cc1ncc(-c2ccccc2)[nH]1.I. The summed E-state index contributed by atoms with van der Waals surface area (Å²) in [5.74, 6) is 1.77. The van der Waals surface area contributed by atoms with E-state index >= 15 is 0 Å². The summed E-state index contributed by atoms with van der Waals surface area (Å²) in [4.78, 5) is 14.9. The van der Waals surface area contributed by atoms with Crippen LogP contribution in [0.2, 0.25) is 0 Å². The molecule has 1 aromatic heterocycles. The average Bonchev–Trinajstić information content (AvgIpc) is 3.19. The summed E-state index contributed by atoms with van der Waals surface area (Å²) in [7, 11) is 2.03. The van der Waals surface area contributed by atoms with E-state index in [9.17, 15) is 5.11 Å². The topological polar surface area (TPSA) is 76.5 Å². The zero-order chi connectivity index (χ0) is 20.4. The number of aromatic nitrogens is 2. The largest absolute Gasteiger partial charge is 0.396 e. The van der Waals surface area contributed by atoms with Gasteiger partial charge in [0.15, 0.2) is 5.96 Å². The molecule has 29 heavy (non-hydrogen) atoms. The number of aromatic amines is 1. The van der Waals surface area contributed by atoms with Gasteiger partial charge in [-0.05, 0) is 37.2 Å². The number of imidazole rings is 1. The predicted octanol–water partition coefficient (Wildman–Crippen LogP) is 4.28. The highest BCUT2D eigenvalue weighted by atomic mass is 127. The number of guanidine groups is 1. The molecule has 0 fully saturated rings. The molecule has 162 valence electrons. The smallest absolute Gasteiger partial charge is 0.194 e. The van der Waals surface area contributed by atoms with Gasteiger partial charge in [0.25, 0.3) is 0 Å². The van der Waals surface area contributed by atoms with E-state index in [1.807, 2.05) is 31.4 Å². The lowest BCUT2D eigenvalue weighted by Gasteiger charge is -2.30. The summed E-state index contributed by atoms with van der Waals surface area (Å²) in [5.41, 5.74) is 2.20. The van der Waals surface area contributed by atoms with Crippen LogP contribution in [0, 0.1) is 5.41 Å². The Morgan fingerprint density at radius 2 is 1.90 bits per heavy atom. The highest BCUT2D eigenvalue weighted by Crippen LogP contribution is 2.30. The molecule has 0 amide bonds. The molecule has 0 unspecified atom stereocenters. The number of aliphatic hydroxyl groups excluding tert-OH is 1. The number of rotatable bonds is 10. The molecule has 7 heteroatoms. The maximum absolute atomic E-state index is 9.45. The van der Waals surface area contributed by atoms with Gasteiger partial charge in [-0.1, -0.05) is 44.2 Å². The molecular formula is C22H36IN5O. The van der Waals surface area contributed by atoms with Gasteiger partial charge in [-0.15, -0.1) is 24.0 Å². The second-order valence-corrected chi connectivity index (χ2v) is 7.32. The molecule has 1 aromatic carbocycles. The van der Waals surface area contributed by atoms with E-state index in [0.29, 0.717) is 13.1 Å². The van der Waals surface area contributed by atoms with Crippen molar-refractivity contribution in [3.63, 3.8) is 0 Å². The van der Waals surface area contributed by atoms with Gasteiger partial charge in [-0.2, -0.15) is 0 Å². The van der Waals surface area contributed by atoms with E-state index in [1.165, 1.54) is 0 Å². The molecule has 0 atom stereocenters. The van der Waals surface area contributed by atoms with Gasteiger partial charge < -0.3 is 20.3 Å². The van der Waals surface area contributed by atoms with Crippen LogP contribution in [0.3, 0.4) is 0 Å². The van der Waals surface area contributed by atoms with Crippen molar-refractivity contribution in [3.05, 3.63) is 42.4 Å². The Kier molecular flexibility index (Phi) is 11.3. The predicted molar refractivity (Wildman–Crippen MR) is 132 cm³/mol. The first-order valence-electron chi connectivity index (χ1n) is 10.3. The Morgan fingerprint density at radius 3 is 2.48 bits per heavy atom. The number of aliphatic hydroxyl groups is 1. The van der Waals surface area contributed by atoms with Gasteiger partial charge in [0.2, 0.25) is 0 Å². The van der Waals surface area contributed by atoms with Gasteiger partial charge in [-0.25, -0.2) is 4.98 Å². The Labute approximate surface area is 192 Å². The van der Waals surface area contributed by atoms with Gasteiger partial charge in [0.1, 0.15) is 5.82 Å². The van der Waals surface area contributed by atoms with Crippen molar-refractivity contribution in [2.75, 3.05) is 26.7 Å². The molecule has 6 nitrogen and oxygen atoms in total. The summed E-state index contributed by atoms with van der Waals surface area (Å²) in [6.07, 6.45) is 4.68. The van der Waals surface area contributed by atoms with E-state index in [2.05, 4.69) is 53.1 Å². The van der Waals surface area contributed by atoms with E-state index in [4.69, 9.17) is 4.99 Å². The third kappa shape index (κ3) is 7.29. The van der Waals surface area contributed by atoms with Crippen LogP contribution >= 0.6 is 24.0 Å². The number of aliphatic imine (C=N–C) groups is 1. The number of benzene rings is 1. The number of hydrogen-bond donors (Lipinski definition) is 3. The first-order valence-corrected chi connectivity index (χ1v) is 10.3. The highest BCUT2D eigenvalue weighted by molar-refractivity contribution is 14.0. The molecule has 0 saturated heterocycles. The van der Waals surface area contributed by atoms with Crippen molar-refractivity contribution in [2.24, 2.45) is 10.4 Å². The number of nitrogens with zero attached hydrogens (tertiary/aromatic N) is 3. The van der Waals surface area contributed by atoms with E-state index in [0.717, 1.165) is 48.8 Å². The van der Waals surface area contributed by atoms with Crippen molar-refractivity contribution in [1.29, 1.82) is 0 Å². The lowest BCUT2D eigenvalue weighted by Crippen LogP contribution is -2.39. The summed E-state index contributed by atoms with van der Waals surface area (Å²) < 4.78 is 0. The van der Waals surface area contributed by atoms with E-state index < -0.39 is 0 Å². The zero-order valence-electron chi connectivity index (χ0n) is 18.1. The molecule has 0 saturated carbocycles. The molecule has 0 radical (unpaired) electrons. The molecular weight excluding hydrogens is 477 g/mol. The second kappa shape index (κ2) is 12.8. The fraction of sp³-hybridized carbons (Fsp3) is 0.545. The third-order valence-electron chi connectivity index (χ3n) is 5.50. The van der Waals surface area contributed by atoms with Crippen LogP contribution in [0.5, 0.6) is 0 Å². The van der Waals surface area contributed by atoms with Crippen LogP contribution in [0.4, 0.5) is 0 Å². The Hall–Kier alpha value is -1.61. The molecule has 3 N–H and O–H groups in total. The normalized spacial score (nSPS) is 11.8. The molecule has 0 aliphatic heterocycles. The molecule has 2 aromatic rings. The minimum Gasteiger partial charge on any atom is -0.396 e. The molecule has 2 rings (SSSR count). The Morgan fingerprint density at radius 1 is 1.21 bits per heavy atom. The first kappa shape index (κ1) is 25.4. The lowest BCUT2D eigenvalue weighted by atomic mass is 9.79. The highest BCUT2D eigenvalue weighted by Gasteiger charge is 2.25. The van der Waals surface area contributed by atoms with Crippen molar-refractivity contribution in [1.82, 2.24) is 20.2 Å². The fourth-order valence-electron chi connectivity index (χ4n) is 3.36. The Bertz CT molecular complexity index is 728. The maximum atomic E-state index is 9.45. The maximum Gasteiger partial charge on any atom is 0.194 e. The monoisotopic (exact) mass is 513 g/mol. The van der Waals surface area contributed by atoms with Crippen molar-refractivity contribution < 1.29 is 5.11 Å².